The third kappa shape index (κ3) is 3.74. The average molecular weight is 420 g/mol. The molecule has 3 aromatic rings. The molecule has 0 spiro atoms. The molecule has 1 aromatic carbocycles. The number of alkyl halides is 1. The molecule has 1 aliphatic rings. The van der Waals surface area contributed by atoms with Crippen molar-refractivity contribution in [2.24, 2.45) is 0 Å². The van der Waals surface area contributed by atoms with E-state index in [1.165, 1.54) is 6.33 Å². The number of benzene rings is 1. The zero-order chi connectivity index (χ0) is 19.5. The molecule has 0 radical (unpaired) electrons. The average Bonchev–Trinajstić information content (AvgIpc) is 3.17. The van der Waals surface area contributed by atoms with Gasteiger partial charge in [-0.2, -0.15) is 4.68 Å². The largest absolute Gasteiger partial charge is 0.351 e. The van der Waals surface area contributed by atoms with E-state index in [0.717, 1.165) is 11.5 Å². The maximum absolute atomic E-state index is 12.2. The van der Waals surface area contributed by atoms with Gasteiger partial charge in [-0.15, -0.1) is 16.7 Å². The Morgan fingerprint density at radius 3 is 2.54 bits per heavy atom. The summed E-state index contributed by atoms with van der Waals surface area (Å²) in [6, 6.07) is 7.33. The van der Waals surface area contributed by atoms with Gasteiger partial charge in [-0.3, -0.25) is 4.79 Å². The first kappa shape index (κ1) is 18.9. The third-order valence-electron chi connectivity index (χ3n) is 4.75. The number of halogens is 2. The Hall–Kier alpha value is -2.45. The zero-order valence-corrected chi connectivity index (χ0v) is 16.6. The second-order valence-electron chi connectivity index (χ2n) is 6.51. The summed E-state index contributed by atoms with van der Waals surface area (Å²) in [5.41, 5.74) is 2.10. The molecule has 4 rings (SSSR count). The van der Waals surface area contributed by atoms with Crippen molar-refractivity contribution in [2.45, 2.75) is 12.8 Å². The number of nitrogens with zero attached hydrogens (tertiary/aromatic N) is 7. The fourth-order valence-corrected chi connectivity index (χ4v) is 3.53. The van der Waals surface area contributed by atoms with Crippen LogP contribution in [0.25, 0.3) is 16.9 Å². The van der Waals surface area contributed by atoms with Crippen LogP contribution in [-0.2, 0) is 4.79 Å². The van der Waals surface area contributed by atoms with Crippen molar-refractivity contribution < 1.29 is 4.79 Å². The van der Waals surface area contributed by atoms with E-state index in [0.29, 0.717) is 61.1 Å². The van der Waals surface area contributed by atoms with Gasteiger partial charge < -0.3 is 9.80 Å². The molecule has 1 fully saturated rings. The number of amides is 1. The molecule has 0 atom stereocenters. The highest BCUT2D eigenvalue weighted by molar-refractivity contribution is 6.30. The molecule has 1 saturated heterocycles. The molecular formula is C18H19Cl2N7O. The van der Waals surface area contributed by atoms with Gasteiger partial charge in [0.2, 0.25) is 5.91 Å². The van der Waals surface area contributed by atoms with Crippen LogP contribution < -0.4 is 4.90 Å². The number of carbonyl (C=O) groups excluding carboxylic acids is 1. The van der Waals surface area contributed by atoms with Crippen LogP contribution in [0.4, 0.5) is 5.82 Å². The first-order valence-electron chi connectivity index (χ1n) is 9.08. The maximum Gasteiger partial charge on any atom is 0.222 e. The molecule has 1 amide bonds. The Labute approximate surface area is 172 Å². The Morgan fingerprint density at radius 1 is 1.07 bits per heavy atom. The summed E-state index contributed by atoms with van der Waals surface area (Å²) in [4.78, 5) is 25.0. The monoisotopic (exact) mass is 419 g/mol. The highest BCUT2D eigenvalue weighted by Crippen LogP contribution is 2.24. The van der Waals surface area contributed by atoms with Crippen molar-refractivity contribution in [1.29, 1.82) is 0 Å². The summed E-state index contributed by atoms with van der Waals surface area (Å²) < 4.78 is 1.67. The minimum absolute atomic E-state index is 0.154. The van der Waals surface area contributed by atoms with Crippen LogP contribution in [0.3, 0.4) is 0 Å². The van der Waals surface area contributed by atoms with Crippen molar-refractivity contribution in [2.75, 3.05) is 37.0 Å². The Bertz CT molecular complexity index is 968. The van der Waals surface area contributed by atoms with Crippen molar-refractivity contribution in [3.05, 3.63) is 35.6 Å². The fraction of sp³-hybridized carbons (Fsp3) is 0.389. The molecule has 28 heavy (non-hydrogen) atoms. The summed E-state index contributed by atoms with van der Waals surface area (Å²) in [6.07, 6.45) is 2.73. The van der Waals surface area contributed by atoms with Crippen LogP contribution in [0.5, 0.6) is 0 Å². The summed E-state index contributed by atoms with van der Waals surface area (Å²) in [6.45, 7) is 2.68. The summed E-state index contributed by atoms with van der Waals surface area (Å²) in [7, 11) is 0. The summed E-state index contributed by atoms with van der Waals surface area (Å²) >= 11 is 11.7. The topological polar surface area (TPSA) is 80.0 Å². The molecule has 1 aliphatic heterocycles. The molecule has 0 N–H and O–H groups in total. The second kappa shape index (κ2) is 8.28. The van der Waals surface area contributed by atoms with Gasteiger partial charge in [0.05, 0.1) is 5.69 Å². The van der Waals surface area contributed by atoms with Crippen molar-refractivity contribution in [1.82, 2.24) is 29.9 Å². The van der Waals surface area contributed by atoms with Gasteiger partial charge in [0, 0.05) is 43.5 Å². The van der Waals surface area contributed by atoms with Gasteiger partial charge in [-0.05, 0) is 30.7 Å². The number of hydrogen-bond acceptors (Lipinski definition) is 6. The van der Waals surface area contributed by atoms with Crippen molar-refractivity contribution >= 4 is 46.1 Å². The van der Waals surface area contributed by atoms with E-state index in [2.05, 4.69) is 25.2 Å². The van der Waals surface area contributed by atoms with E-state index < -0.39 is 0 Å². The van der Waals surface area contributed by atoms with Crippen molar-refractivity contribution in [3.8, 4) is 5.69 Å². The molecule has 0 aliphatic carbocycles. The van der Waals surface area contributed by atoms with Gasteiger partial charge >= 0.3 is 0 Å². The Morgan fingerprint density at radius 2 is 1.82 bits per heavy atom. The van der Waals surface area contributed by atoms with Crippen molar-refractivity contribution in [3.63, 3.8) is 0 Å². The lowest BCUT2D eigenvalue weighted by Crippen LogP contribution is -2.49. The Balaban J connectivity index is 1.54. The van der Waals surface area contributed by atoms with Gasteiger partial charge in [0.15, 0.2) is 17.0 Å². The van der Waals surface area contributed by atoms with Gasteiger partial charge in [0.25, 0.3) is 0 Å². The van der Waals surface area contributed by atoms with Crippen LogP contribution >= 0.6 is 23.2 Å². The van der Waals surface area contributed by atoms with E-state index in [1.807, 2.05) is 17.0 Å². The van der Waals surface area contributed by atoms with Gasteiger partial charge in [0.1, 0.15) is 6.33 Å². The van der Waals surface area contributed by atoms with E-state index in [1.54, 1.807) is 16.8 Å². The molecule has 146 valence electrons. The number of rotatable bonds is 5. The number of piperazine rings is 1. The molecule has 8 nitrogen and oxygen atoms in total. The smallest absolute Gasteiger partial charge is 0.222 e. The predicted octanol–water partition coefficient (Wildman–Crippen LogP) is 2.53. The Kier molecular flexibility index (Phi) is 5.59. The predicted molar refractivity (Wildman–Crippen MR) is 108 cm³/mol. The number of hydrogen-bond donors (Lipinski definition) is 0. The molecule has 3 heterocycles. The summed E-state index contributed by atoms with van der Waals surface area (Å²) in [5.74, 6) is 1.40. The highest BCUT2D eigenvalue weighted by atomic mass is 35.5. The van der Waals surface area contributed by atoms with Crippen LogP contribution in [0.1, 0.15) is 12.8 Å². The number of anilines is 1. The fourth-order valence-electron chi connectivity index (χ4n) is 3.27. The highest BCUT2D eigenvalue weighted by Gasteiger charge is 2.24. The SMILES string of the molecule is O=C(CCCCl)N1CCN(c2ncnc3c2nnn3-c2ccc(Cl)cc2)CC1. The van der Waals surface area contributed by atoms with E-state index in [9.17, 15) is 4.79 Å². The molecule has 0 bridgehead atoms. The standard InChI is InChI=1S/C18H19Cl2N7O/c19-7-1-2-15(28)25-8-10-26(11-9-25)17-16-18(22-12-21-17)27(24-23-16)14-5-3-13(20)4-6-14/h3-6,12H,1-2,7-11H2. The molecule has 10 heteroatoms. The first-order valence-corrected chi connectivity index (χ1v) is 9.99. The number of fused-ring (bicyclic) bond motifs is 1. The number of aromatic nitrogens is 5. The quantitative estimate of drug-likeness (QED) is 0.591. The minimum Gasteiger partial charge on any atom is -0.351 e. The summed E-state index contributed by atoms with van der Waals surface area (Å²) in [5, 5.41) is 9.20. The van der Waals surface area contributed by atoms with Gasteiger partial charge in [-0.1, -0.05) is 16.8 Å². The van der Waals surface area contributed by atoms with E-state index >= 15 is 0 Å². The molecule has 2 aromatic heterocycles. The maximum atomic E-state index is 12.2. The molecule has 0 saturated carbocycles. The third-order valence-corrected chi connectivity index (χ3v) is 5.27. The van der Waals surface area contributed by atoms with Crippen LogP contribution in [0, 0.1) is 0 Å². The lowest BCUT2D eigenvalue weighted by Gasteiger charge is -2.35. The van der Waals surface area contributed by atoms with Crippen LogP contribution in [0.15, 0.2) is 30.6 Å². The van der Waals surface area contributed by atoms with Crippen LogP contribution in [-0.4, -0.2) is 67.8 Å². The lowest BCUT2D eigenvalue weighted by atomic mass is 10.2. The lowest BCUT2D eigenvalue weighted by molar-refractivity contribution is -0.131. The second-order valence-corrected chi connectivity index (χ2v) is 7.32. The van der Waals surface area contributed by atoms with Crippen LogP contribution in [0.2, 0.25) is 5.02 Å². The van der Waals surface area contributed by atoms with Gasteiger partial charge in [-0.25, -0.2) is 9.97 Å². The van der Waals surface area contributed by atoms with E-state index in [4.69, 9.17) is 23.2 Å². The number of carbonyl (C=O) groups is 1. The minimum atomic E-state index is 0.154. The molecular weight excluding hydrogens is 401 g/mol. The molecule has 0 unspecified atom stereocenters. The first-order chi connectivity index (χ1) is 13.7. The normalized spacial score (nSPS) is 14.6. The zero-order valence-electron chi connectivity index (χ0n) is 15.1. The van der Waals surface area contributed by atoms with E-state index in [-0.39, 0.29) is 5.91 Å².